The minimum Gasteiger partial charge on any atom is -0.306 e. The molecule has 0 saturated heterocycles. The molecule has 0 radical (unpaired) electrons. The van der Waals surface area contributed by atoms with E-state index >= 15 is 0 Å². The van der Waals surface area contributed by atoms with E-state index in [2.05, 4.69) is 22.4 Å². The summed E-state index contributed by atoms with van der Waals surface area (Å²) in [7, 11) is 0. The van der Waals surface area contributed by atoms with Crippen molar-refractivity contribution in [1.82, 2.24) is 10.3 Å². The third-order valence-corrected chi connectivity index (χ3v) is 4.04. The zero-order valence-corrected chi connectivity index (χ0v) is 11.7. The summed E-state index contributed by atoms with van der Waals surface area (Å²) in [6, 6.07) is 18.0. The number of nitrogens with zero attached hydrogens (tertiary/aromatic N) is 2. The fourth-order valence-electron chi connectivity index (χ4n) is 2.06. The van der Waals surface area contributed by atoms with Crippen molar-refractivity contribution in [3.63, 3.8) is 0 Å². The van der Waals surface area contributed by atoms with E-state index < -0.39 is 0 Å². The van der Waals surface area contributed by atoms with Crippen LogP contribution in [-0.4, -0.2) is 4.98 Å². The monoisotopic (exact) mass is 279 g/mol. The highest BCUT2D eigenvalue weighted by Crippen LogP contribution is 2.21. The fraction of sp³-hybridized carbons (Fsp3) is 0.125. The van der Waals surface area contributed by atoms with Gasteiger partial charge in [0.1, 0.15) is 5.01 Å². The molecule has 1 heterocycles. The van der Waals surface area contributed by atoms with Crippen molar-refractivity contribution in [3.8, 4) is 6.07 Å². The highest BCUT2D eigenvalue weighted by atomic mass is 32.1. The van der Waals surface area contributed by atoms with Gasteiger partial charge in [0.25, 0.3) is 0 Å². The Labute approximate surface area is 121 Å². The van der Waals surface area contributed by atoms with Gasteiger partial charge in [-0.1, -0.05) is 24.3 Å². The predicted molar refractivity (Wildman–Crippen MR) is 81.3 cm³/mol. The largest absolute Gasteiger partial charge is 0.306 e. The average Bonchev–Trinajstić information content (AvgIpc) is 2.90. The molecule has 0 atom stereocenters. The zero-order chi connectivity index (χ0) is 13.8. The number of para-hydroxylation sites is 1. The van der Waals surface area contributed by atoms with Gasteiger partial charge < -0.3 is 5.32 Å². The summed E-state index contributed by atoms with van der Waals surface area (Å²) in [5.74, 6) is 0. The Morgan fingerprint density at radius 2 is 2.00 bits per heavy atom. The Hall–Kier alpha value is -2.22. The van der Waals surface area contributed by atoms with Gasteiger partial charge in [0.2, 0.25) is 0 Å². The maximum atomic E-state index is 8.87. The lowest BCUT2D eigenvalue weighted by Gasteiger charge is -2.02. The highest BCUT2D eigenvalue weighted by Gasteiger charge is 2.02. The SMILES string of the molecule is N#Cc1cccc(CNCc2nc3ccccc3s2)c1. The lowest BCUT2D eigenvalue weighted by Crippen LogP contribution is -2.12. The molecule has 0 unspecified atom stereocenters. The molecule has 2 aromatic carbocycles. The van der Waals surface area contributed by atoms with Gasteiger partial charge in [-0.05, 0) is 29.8 Å². The van der Waals surface area contributed by atoms with Crippen LogP contribution >= 0.6 is 11.3 Å². The molecular weight excluding hydrogens is 266 g/mol. The predicted octanol–water partition coefficient (Wildman–Crippen LogP) is 3.46. The Morgan fingerprint density at radius 1 is 1.10 bits per heavy atom. The maximum absolute atomic E-state index is 8.87. The molecule has 0 bridgehead atoms. The van der Waals surface area contributed by atoms with Gasteiger partial charge in [0.05, 0.1) is 21.8 Å². The fourth-order valence-corrected chi connectivity index (χ4v) is 3.00. The summed E-state index contributed by atoms with van der Waals surface area (Å²) in [5, 5.41) is 13.3. The van der Waals surface area contributed by atoms with Crippen molar-refractivity contribution >= 4 is 21.6 Å². The van der Waals surface area contributed by atoms with Gasteiger partial charge in [-0.3, -0.25) is 0 Å². The van der Waals surface area contributed by atoms with Crippen molar-refractivity contribution in [2.75, 3.05) is 0 Å². The maximum Gasteiger partial charge on any atom is 0.108 e. The van der Waals surface area contributed by atoms with Crippen LogP contribution in [0.25, 0.3) is 10.2 Å². The minimum absolute atomic E-state index is 0.698. The standard InChI is InChI=1S/C16H13N3S/c17-9-12-4-3-5-13(8-12)10-18-11-16-19-14-6-1-2-7-15(14)20-16/h1-8,18H,10-11H2. The highest BCUT2D eigenvalue weighted by molar-refractivity contribution is 7.18. The van der Waals surface area contributed by atoms with Crippen LogP contribution < -0.4 is 5.32 Å². The number of thiazole rings is 1. The number of nitriles is 1. The number of hydrogen-bond donors (Lipinski definition) is 1. The minimum atomic E-state index is 0.698. The van der Waals surface area contributed by atoms with Crippen LogP contribution in [0.3, 0.4) is 0 Å². The lowest BCUT2D eigenvalue weighted by molar-refractivity contribution is 0.691. The summed E-state index contributed by atoms with van der Waals surface area (Å²) in [6.45, 7) is 1.49. The molecule has 1 N–H and O–H groups in total. The van der Waals surface area contributed by atoms with Gasteiger partial charge in [0.15, 0.2) is 0 Å². The molecule has 4 heteroatoms. The molecular formula is C16H13N3S. The van der Waals surface area contributed by atoms with E-state index in [4.69, 9.17) is 5.26 Å². The van der Waals surface area contributed by atoms with Crippen LogP contribution in [0, 0.1) is 11.3 Å². The number of nitrogens with one attached hydrogen (secondary N) is 1. The first kappa shape index (κ1) is 12.8. The zero-order valence-electron chi connectivity index (χ0n) is 10.8. The summed E-state index contributed by atoms with van der Waals surface area (Å²) in [4.78, 5) is 4.58. The molecule has 3 nitrogen and oxygen atoms in total. The first-order valence-electron chi connectivity index (χ1n) is 6.39. The Kier molecular flexibility index (Phi) is 3.73. The Bertz CT molecular complexity index is 737. The van der Waals surface area contributed by atoms with E-state index in [-0.39, 0.29) is 0 Å². The van der Waals surface area contributed by atoms with E-state index in [1.165, 1.54) is 4.70 Å². The van der Waals surface area contributed by atoms with Gasteiger partial charge in [0, 0.05) is 13.1 Å². The number of fused-ring (bicyclic) bond motifs is 1. The van der Waals surface area contributed by atoms with E-state index in [0.29, 0.717) is 5.56 Å². The molecule has 0 saturated carbocycles. The van der Waals surface area contributed by atoms with Crippen LogP contribution in [0.2, 0.25) is 0 Å². The van der Waals surface area contributed by atoms with E-state index in [1.54, 1.807) is 11.3 Å². The van der Waals surface area contributed by atoms with Crippen molar-refractivity contribution < 1.29 is 0 Å². The van der Waals surface area contributed by atoms with Crippen molar-refractivity contribution in [2.24, 2.45) is 0 Å². The smallest absolute Gasteiger partial charge is 0.108 e. The third-order valence-electron chi connectivity index (χ3n) is 3.00. The topological polar surface area (TPSA) is 48.7 Å². The second kappa shape index (κ2) is 5.83. The molecule has 0 fully saturated rings. The number of hydrogen-bond acceptors (Lipinski definition) is 4. The number of rotatable bonds is 4. The number of aromatic nitrogens is 1. The van der Waals surface area contributed by atoms with Crippen LogP contribution in [-0.2, 0) is 13.1 Å². The summed E-state index contributed by atoms with van der Waals surface area (Å²) >= 11 is 1.71. The van der Waals surface area contributed by atoms with E-state index in [0.717, 1.165) is 29.2 Å². The molecule has 0 aliphatic heterocycles. The Morgan fingerprint density at radius 3 is 2.85 bits per heavy atom. The molecule has 0 aliphatic rings. The van der Waals surface area contributed by atoms with Crippen LogP contribution in [0.5, 0.6) is 0 Å². The summed E-state index contributed by atoms with van der Waals surface area (Å²) in [5.41, 5.74) is 2.87. The van der Waals surface area contributed by atoms with Crippen LogP contribution in [0.15, 0.2) is 48.5 Å². The summed E-state index contributed by atoms with van der Waals surface area (Å²) in [6.07, 6.45) is 0. The average molecular weight is 279 g/mol. The summed E-state index contributed by atoms with van der Waals surface area (Å²) < 4.78 is 1.22. The Balaban J connectivity index is 1.63. The van der Waals surface area contributed by atoms with Crippen molar-refractivity contribution in [2.45, 2.75) is 13.1 Å². The first-order chi connectivity index (χ1) is 9.85. The van der Waals surface area contributed by atoms with E-state index in [1.807, 2.05) is 42.5 Å². The van der Waals surface area contributed by atoms with Gasteiger partial charge in [-0.2, -0.15) is 5.26 Å². The molecule has 98 valence electrons. The second-order valence-electron chi connectivity index (χ2n) is 4.49. The van der Waals surface area contributed by atoms with Crippen molar-refractivity contribution in [3.05, 3.63) is 64.7 Å². The van der Waals surface area contributed by atoms with Crippen molar-refractivity contribution in [1.29, 1.82) is 5.26 Å². The molecule has 3 rings (SSSR count). The molecule has 0 spiro atoms. The molecule has 0 amide bonds. The lowest BCUT2D eigenvalue weighted by atomic mass is 10.1. The normalized spacial score (nSPS) is 10.6. The molecule has 0 aliphatic carbocycles. The molecule has 20 heavy (non-hydrogen) atoms. The third kappa shape index (κ3) is 2.85. The van der Waals surface area contributed by atoms with Crippen LogP contribution in [0.4, 0.5) is 0 Å². The van der Waals surface area contributed by atoms with Gasteiger partial charge >= 0.3 is 0 Å². The number of benzene rings is 2. The first-order valence-corrected chi connectivity index (χ1v) is 7.21. The quantitative estimate of drug-likeness (QED) is 0.795. The van der Waals surface area contributed by atoms with Gasteiger partial charge in [-0.15, -0.1) is 11.3 Å². The second-order valence-corrected chi connectivity index (χ2v) is 5.61. The molecule has 3 aromatic rings. The van der Waals surface area contributed by atoms with Gasteiger partial charge in [-0.25, -0.2) is 4.98 Å². The molecule has 1 aromatic heterocycles. The van der Waals surface area contributed by atoms with Crippen LogP contribution in [0.1, 0.15) is 16.1 Å². The van der Waals surface area contributed by atoms with E-state index in [9.17, 15) is 0 Å².